The monoisotopic (exact) mass is 568 g/mol. The van der Waals surface area contributed by atoms with Gasteiger partial charge in [0.2, 0.25) is 0 Å². The number of para-hydroxylation sites is 2. The van der Waals surface area contributed by atoms with Gasteiger partial charge in [0.25, 0.3) is 5.91 Å². The molecular formula is C38H40N4O. The number of hydrogen-bond donors (Lipinski definition) is 1. The lowest BCUT2D eigenvalue weighted by atomic mass is 9.92. The summed E-state index contributed by atoms with van der Waals surface area (Å²) in [7, 11) is 0. The van der Waals surface area contributed by atoms with E-state index in [9.17, 15) is 4.79 Å². The van der Waals surface area contributed by atoms with Gasteiger partial charge in [-0.2, -0.15) is 0 Å². The molecule has 2 heterocycles. The van der Waals surface area contributed by atoms with Gasteiger partial charge >= 0.3 is 0 Å². The van der Waals surface area contributed by atoms with Gasteiger partial charge in [-0.1, -0.05) is 104 Å². The molecule has 5 nitrogen and oxygen atoms in total. The Hall–Kier alpha value is -4.48. The molecule has 1 amide bonds. The molecule has 43 heavy (non-hydrogen) atoms. The van der Waals surface area contributed by atoms with E-state index in [1.807, 2.05) is 60.7 Å². The van der Waals surface area contributed by atoms with Crippen molar-refractivity contribution >= 4 is 22.5 Å². The minimum absolute atomic E-state index is 0.0297. The highest BCUT2D eigenvalue weighted by molar-refractivity contribution is 6.09. The smallest absolute Gasteiger partial charge is 0.252 e. The van der Waals surface area contributed by atoms with Crippen molar-refractivity contribution in [1.29, 1.82) is 0 Å². The lowest BCUT2D eigenvalue weighted by Crippen LogP contribution is -2.46. The average molecular weight is 569 g/mol. The van der Waals surface area contributed by atoms with Crippen LogP contribution in [0.5, 0.6) is 0 Å². The fourth-order valence-electron chi connectivity index (χ4n) is 6.27. The lowest BCUT2D eigenvalue weighted by Gasteiger charge is -2.36. The number of carbonyl (C=O) groups excluding carboxylic acids is 1. The maximum Gasteiger partial charge on any atom is 0.252 e. The number of hydrogen-bond acceptors (Lipinski definition) is 4. The van der Waals surface area contributed by atoms with Crippen LogP contribution in [0.4, 0.5) is 5.69 Å². The molecule has 1 aliphatic heterocycles. The van der Waals surface area contributed by atoms with Crippen LogP contribution < -0.4 is 10.2 Å². The molecule has 0 saturated carbocycles. The van der Waals surface area contributed by atoms with Crippen molar-refractivity contribution in [1.82, 2.24) is 15.2 Å². The van der Waals surface area contributed by atoms with Gasteiger partial charge in [0, 0.05) is 42.8 Å². The fourth-order valence-corrected chi connectivity index (χ4v) is 6.27. The number of benzene rings is 4. The molecule has 1 unspecified atom stereocenters. The van der Waals surface area contributed by atoms with E-state index >= 15 is 0 Å². The van der Waals surface area contributed by atoms with Crippen LogP contribution in [0.15, 0.2) is 115 Å². The average Bonchev–Trinajstić information content (AvgIpc) is 3.08. The first-order chi connectivity index (χ1) is 21.2. The first kappa shape index (κ1) is 28.6. The molecule has 1 saturated heterocycles. The van der Waals surface area contributed by atoms with E-state index < -0.39 is 0 Å². The molecule has 1 fully saturated rings. The maximum absolute atomic E-state index is 14.3. The van der Waals surface area contributed by atoms with E-state index in [-0.39, 0.29) is 11.9 Å². The van der Waals surface area contributed by atoms with Crippen LogP contribution in [0, 0.1) is 0 Å². The SMILES string of the molecule is CCC(NC(=O)c1c(CCCN2CCN(c3ccccc3)CC2)c(-c2ccccc2)nc2ccccc12)c1ccccc1. The van der Waals surface area contributed by atoms with E-state index in [2.05, 4.69) is 76.6 Å². The van der Waals surface area contributed by atoms with Crippen molar-refractivity contribution in [2.24, 2.45) is 0 Å². The van der Waals surface area contributed by atoms with Gasteiger partial charge in [-0.3, -0.25) is 9.69 Å². The molecule has 1 N–H and O–H groups in total. The van der Waals surface area contributed by atoms with Gasteiger partial charge in [-0.25, -0.2) is 4.98 Å². The molecule has 1 atom stereocenters. The molecule has 218 valence electrons. The second kappa shape index (κ2) is 13.7. The highest BCUT2D eigenvalue weighted by atomic mass is 16.1. The number of carbonyl (C=O) groups is 1. The predicted octanol–water partition coefficient (Wildman–Crippen LogP) is 7.54. The number of aromatic nitrogens is 1. The molecule has 1 aromatic heterocycles. The number of fused-ring (bicyclic) bond motifs is 1. The topological polar surface area (TPSA) is 48.5 Å². The second-order valence-corrected chi connectivity index (χ2v) is 11.3. The zero-order valence-electron chi connectivity index (χ0n) is 25.0. The molecule has 6 rings (SSSR count). The quantitative estimate of drug-likeness (QED) is 0.189. The third kappa shape index (κ3) is 6.63. The van der Waals surface area contributed by atoms with E-state index in [1.54, 1.807) is 0 Å². The van der Waals surface area contributed by atoms with Crippen molar-refractivity contribution in [3.05, 3.63) is 132 Å². The molecule has 0 aliphatic carbocycles. The summed E-state index contributed by atoms with van der Waals surface area (Å²) in [6.07, 6.45) is 2.56. The largest absolute Gasteiger partial charge is 0.369 e. The summed E-state index contributed by atoms with van der Waals surface area (Å²) in [6.45, 7) is 7.26. The van der Waals surface area contributed by atoms with Gasteiger partial charge in [-0.05, 0) is 55.1 Å². The molecule has 5 aromatic rings. The standard InChI is InChI=1S/C38H40N4O/c1-2-34(29-15-6-3-7-16-29)40-38(43)36-32-21-12-13-23-35(32)39-37(30-17-8-4-9-18-30)33(36)22-14-24-41-25-27-42(28-26-41)31-19-10-5-11-20-31/h3-13,15-21,23,34H,2,14,22,24-28H2,1H3,(H,40,43). The van der Waals surface area contributed by atoms with Crippen LogP contribution in [0.2, 0.25) is 0 Å². The number of amides is 1. The fraction of sp³-hybridized carbons (Fsp3) is 0.263. The molecule has 4 aromatic carbocycles. The summed E-state index contributed by atoms with van der Waals surface area (Å²) in [5, 5.41) is 4.30. The van der Waals surface area contributed by atoms with Crippen LogP contribution in [0.1, 0.15) is 47.3 Å². The molecule has 5 heteroatoms. The van der Waals surface area contributed by atoms with E-state index in [0.29, 0.717) is 0 Å². The Labute approximate surface area is 255 Å². The van der Waals surface area contributed by atoms with Crippen molar-refractivity contribution in [3.8, 4) is 11.3 Å². The third-order valence-electron chi connectivity index (χ3n) is 8.58. The molecule has 0 bridgehead atoms. The lowest BCUT2D eigenvalue weighted by molar-refractivity contribution is 0.0936. The van der Waals surface area contributed by atoms with Gasteiger partial charge in [0.05, 0.1) is 22.8 Å². The zero-order valence-corrected chi connectivity index (χ0v) is 25.0. The summed E-state index contributed by atoms with van der Waals surface area (Å²) in [4.78, 5) is 24.5. The molecule has 1 aliphatic rings. The highest BCUT2D eigenvalue weighted by Gasteiger charge is 2.24. The Balaban J connectivity index is 1.28. The van der Waals surface area contributed by atoms with Crippen molar-refractivity contribution in [2.75, 3.05) is 37.6 Å². The van der Waals surface area contributed by atoms with E-state index in [0.717, 1.165) is 90.8 Å². The zero-order chi connectivity index (χ0) is 29.4. The Morgan fingerprint density at radius 2 is 1.42 bits per heavy atom. The Morgan fingerprint density at radius 1 is 0.791 bits per heavy atom. The van der Waals surface area contributed by atoms with Crippen LogP contribution in [-0.2, 0) is 6.42 Å². The number of piperazine rings is 1. The first-order valence-electron chi connectivity index (χ1n) is 15.6. The molecule has 0 radical (unpaired) electrons. The highest BCUT2D eigenvalue weighted by Crippen LogP contribution is 2.32. The Morgan fingerprint density at radius 3 is 2.12 bits per heavy atom. The Kier molecular flexibility index (Phi) is 9.10. The summed E-state index contributed by atoms with van der Waals surface area (Å²) < 4.78 is 0. The van der Waals surface area contributed by atoms with Crippen LogP contribution in [-0.4, -0.2) is 48.5 Å². The number of rotatable bonds is 10. The number of nitrogens with one attached hydrogen (secondary N) is 1. The van der Waals surface area contributed by atoms with Crippen molar-refractivity contribution in [2.45, 2.75) is 32.2 Å². The van der Waals surface area contributed by atoms with E-state index in [4.69, 9.17) is 4.98 Å². The Bertz CT molecular complexity index is 1630. The third-order valence-corrected chi connectivity index (χ3v) is 8.58. The van der Waals surface area contributed by atoms with Gasteiger partial charge in [0.1, 0.15) is 0 Å². The van der Waals surface area contributed by atoms with Gasteiger partial charge in [-0.15, -0.1) is 0 Å². The van der Waals surface area contributed by atoms with Crippen LogP contribution >= 0.6 is 0 Å². The predicted molar refractivity (Wildman–Crippen MR) is 178 cm³/mol. The normalized spacial score (nSPS) is 14.5. The minimum Gasteiger partial charge on any atom is -0.369 e. The van der Waals surface area contributed by atoms with Crippen LogP contribution in [0.3, 0.4) is 0 Å². The maximum atomic E-state index is 14.3. The summed E-state index contributed by atoms with van der Waals surface area (Å²) in [5.41, 5.74) is 7.01. The second-order valence-electron chi connectivity index (χ2n) is 11.3. The number of anilines is 1. The van der Waals surface area contributed by atoms with Crippen LogP contribution in [0.25, 0.3) is 22.2 Å². The summed E-state index contributed by atoms with van der Waals surface area (Å²) in [6, 6.07) is 39.3. The molecule has 0 spiro atoms. The summed E-state index contributed by atoms with van der Waals surface area (Å²) in [5.74, 6) is -0.0297. The first-order valence-corrected chi connectivity index (χ1v) is 15.6. The van der Waals surface area contributed by atoms with E-state index in [1.165, 1.54) is 5.69 Å². The summed E-state index contributed by atoms with van der Waals surface area (Å²) >= 11 is 0. The number of pyridine rings is 1. The number of nitrogens with zero attached hydrogens (tertiary/aromatic N) is 3. The van der Waals surface area contributed by atoms with Gasteiger partial charge < -0.3 is 10.2 Å². The van der Waals surface area contributed by atoms with Crippen molar-refractivity contribution < 1.29 is 4.79 Å². The molecular weight excluding hydrogens is 528 g/mol. The van der Waals surface area contributed by atoms with Crippen molar-refractivity contribution in [3.63, 3.8) is 0 Å². The van der Waals surface area contributed by atoms with Gasteiger partial charge in [0.15, 0.2) is 0 Å². The minimum atomic E-state index is -0.0606.